The van der Waals surface area contributed by atoms with Gasteiger partial charge >= 0.3 is 6.03 Å². The van der Waals surface area contributed by atoms with Gasteiger partial charge in [0.15, 0.2) is 0 Å². The Morgan fingerprint density at radius 2 is 1.91 bits per heavy atom. The fourth-order valence-electron chi connectivity index (χ4n) is 5.56. The number of anilines is 1. The van der Waals surface area contributed by atoms with Crippen molar-refractivity contribution in [1.82, 2.24) is 25.3 Å². The van der Waals surface area contributed by atoms with Crippen molar-refractivity contribution in [3.05, 3.63) is 99.7 Å². The Morgan fingerprint density at radius 3 is 2.60 bits per heavy atom. The third-order valence-corrected chi connectivity index (χ3v) is 7.82. The van der Waals surface area contributed by atoms with E-state index in [1.54, 1.807) is 37.3 Å². The van der Waals surface area contributed by atoms with E-state index >= 15 is 0 Å². The van der Waals surface area contributed by atoms with Crippen LogP contribution in [0.25, 0.3) is 22.2 Å². The predicted octanol–water partition coefficient (Wildman–Crippen LogP) is 5.40. The highest BCUT2D eigenvalue weighted by atomic mass is 35.5. The lowest BCUT2D eigenvalue weighted by atomic mass is 9.90. The molecule has 4 amide bonds. The number of carbonyl (C=O) groups excluding carboxylic acids is 3. The maximum Gasteiger partial charge on any atom is 0.323 e. The van der Waals surface area contributed by atoms with E-state index in [1.807, 2.05) is 44.2 Å². The van der Waals surface area contributed by atoms with E-state index < -0.39 is 29.9 Å². The number of benzene rings is 3. The van der Waals surface area contributed by atoms with Crippen molar-refractivity contribution >= 4 is 46.2 Å². The summed E-state index contributed by atoms with van der Waals surface area (Å²) in [6.45, 7) is 5.24. The van der Waals surface area contributed by atoms with Crippen LogP contribution < -0.4 is 16.4 Å². The normalized spacial score (nSPS) is 15.2. The first-order chi connectivity index (χ1) is 20.6. The number of nitrogens with one attached hydrogen (secondary N) is 3. The highest BCUT2D eigenvalue weighted by molar-refractivity contribution is 6.30. The van der Waals surface area contributed by atoms with Crippen molar-refractivity contribution < 1.29 is 18.9 Å². The van der Waals surface area contributed by atoms with Crippen molar-refractivity contribution in [2.45, 2.75) is 32.9 Å². The van der Waals surface area contributed by atoms with Gasteiger partial charge in [0.25, 0.3) is 5.91 Å². The molecule has 3 aromatic carbocycles. The van der Waals surface area contributed by atoms with Crippen LogP contribution >= 0.6 is 11.6 Å². The molecule has 0 fully saturated rings. The summed E-state index contributed by atoms with van der Waals surface area (Å²) in [5, 5.41) is 10.5. The lowest BCUT2D eigenvalue weighted by molar-refractivity contribution is -0.122. The molecular formula is C31H28ClN7O4. The molecule has 0 aliphatic carbocycles. The Balaban J connectivity index is 1.32. The molecule has 2 atom stereocenters. The van der Waals surface area contributed by atoms with Crippen LogP contribution in [0.15, 0.2) is 65.2 Å². The number of hydrogen-bond donors (Lipinski definition) is 4. The number of carbonyl (C=O) groups is 3. The Bertz CT molecular complexity index is 1880. The molecule has 11 nitrogen and oxygen atoms in total. The number of fused-ring (bicyclic) bond motifs is 2. The van der Waals surface area contributed by atoms with Gasteiger partial charge < -0.3 is 30.8 Å². The fraction of sp³-hybridized carbons (Fsp3) is 0.194. The van der Waals surface area contributed by atoms with Crippen molar-refractivity contribution in [3.8, 4) is 11.1 Å². The van der Waals surface area contributed by atoms with E-state index in [0.29, 0.717) is 33.3 Å². The molecule has 6 rings (SSSR count). The summed E-state index contributed by atoms with van der Waals surface area (Å²) in [5.74, 6) is 0.132. The largest absolute Gasteiger partial charge is 0.366 e. The summed E-state index contributed by atoms with van der Waals surface area (Å²) < 4.78 is 5.39. The van der Waals surface area contributed by atoms with Crippen LogP contribution in [-0.4, -0.2) is 44.4 Å². The van der Waals surface area contributed by atoms with Crippen LogP contribution in [0.5, 0.6) is 0 Å². The number of para-hydroxylation sites is 1. The molecule has 0 bridgehead atoms. The van der Waals surface area contributed by atoms with Crippen LogP contribution in [0.2, 0.25) is 5.02 Å². The van der Waals surface area contributed by atoms with Gasteiger partial charge in [-0.05, 0) is 68.3 Å². The fourth-order valence-corrected chi connectivity index (χ4v) is 5.68. The SMILES string of the molecule is Cc1noc(C)c1-c1ccc2c(c1)C(c1ccc(Cl)cc1)N(CC(=O)N[C@@H](C)c1nc3c(C(N)=O)cccc3[nH]1)C(=O)N2. The highest BCUT2D eigenvalue weighted by Crippen LogP contribution is 2.41. The molecule has 2 aromatic heterocycles. The maximum absolute atomic E-state index is 13.5. The summed E-state index contributed by atoms with van der Waals surface area (Å²) in [6, 6.07) is 16.4. The van der Waals surface area contributed by atoms with Gasteiger partial charge in [0.2, 0.25) is 5.91 Å². The summed E-state index contributed by atoms with van der Waals surface area (Å²) in [5.41, 5.74) is 11.6. The summed E-state index contributed by atoms with van der Waals surface area (Å²) >= 11 is 6.19. The quantitative estimate of drug-likeness (QED) is 0.196. The molecule has 1 aliphatic rings. The molecule has 1 aliphatic heterocycles. The monoisotopic (exact) mass is 597 g/mol. The van der Waals surface area contributed by atoms with Crippen LogP contribution in [0, 0.1) is 13.8 Å². The van der Waals surface area contributed by atoms with E-state index in [0.717, 1.165) is 27.9 Å². The lowest BCUT2D eigenvalue weighted by Gasteiger charge is -2.37. The third-order valence-electron chi connectivity index (χ3n) is 7.57. The number of aryl methyl sites for hydroxylation is 2. The zero-order valence-electron chi connectivity index (χ0n) is 23.6. The molecule has 43 heavy (non-hydrogen) atoms. The first-order valence-electron chi connectivity index (χ1n) is 13.6. The number of urea groups is 1. The second kappa shape index (κ2) is 10.9. The molecule has 12 heteroatoms. The van der Waals surface area contributed by atoms with Gasteiger partial charge in [-0.2, -0.15) is 0 Å². The summed E-state index contributed by atoms with van der Waals surface area (Å²) in [4.78, 5) is 47.9. The number of nitrogens with two attached hydrogens (primary N) is 1. The molecule has 0 radical (unpaired) electrons. The lowest BCUT2D eigenvalue weighted by Crippen LogP contribution is -2.48. The molecule has 5 N–H and O–H groups in total. The van der Waals surface area contributed by atoms with Gasteiger partial charge in [0, 0.05) is 21.8 Å². The van der Waals surface area contributed by atoms with Gasteiger partial charge in [-0.15, -0.1) is 0 Å². The van der Waals surface area contributed by atoms with Gasteiger partial charge in [0.1, 0.15) is 23.6 Å². The Labute approximate surface area is 251 Å². The second-order valence-corrected chi connectivity index (χ2v) is 10.9. The van der Waals surface area contributed by atoms with E-state index in [4.69, 9.17) is 21.9 Å². The molecule has 218 valence electrons. The molecule has 0 spiro atoms. The van der Waals surface area contributed by atoms with E-state index in [9.17, 15) is 14.4 Å². The van der Waals surface area contributed by atoms with Crippen LogP contribution in [-0.2, 0) is 4.79 Å². The number of aromatic amines is 1. The first-order valence-corrected chi connectivity index (χ1v) is 14.0. The van der Waals surface area contributed by atoms with Gasteiger partial charge in [-0.25, -0.2) is 9.78 Å². The smallest absolute Gasteiger partial charge is 0.323 e. The zero-order valence-corrected chi connectivity index (χ0v) is 24.3. The van der Waals surface area contributed by atoms with Crippen LogP contribution in [0.4, 0.5) is 10.5 Å². The average Bonchev–Trinajstić information content (AvgIpc) is 3.56. The van der Waals surface area contributed by atoms with Gasteiger partial charge in [0.05, 0.1) is 28.9 Å². The maximum atomic E-state index is 13.5. The van der Waals surface area contributed by atoms with Crippen LogP contribution in [0.1, 0.15) is 57.8 Å². The Hall–Kier alpha value is -5.16. The molecule has 0 saturated carbocycles. The second-order valence-electron chi connectivity index (χ2n) is 10.5. The molecule has 5 aromatic rings. The van der Waals surface area contributed by atoms with Crippen molar-refractivity contribution in [2.75, 3.05) is 11.9 Å². The number of imidazole rings is 1. The average molecular weight is 598 g/mol. The number of rotatable bonds is 7. The first kappa shape index (κ1) is 28.0. The third kappa shape index (κ3) is 5.19. The predicted molar refractivity (Wildman–Crippen MR) is 162 cm³/mol. The Kier molecular flexibility index (Phi) is 7.10. The van der Waals surface area contributed by atoms with Crippen molar-refractivity contribution in [2.24, 2.45) is 5.73 Å². The number of amides is 4. The van der Waals surface area contributed by atoms with E-state index in [2.05, 4.69) is 25.8 Å². The molecular weight excluding hydrogens is 570 g/mol. The number of primary amides is 1. The van der Waals surface area contributed by atoms with Crippen molar-refractivity contribution in [1.29, 1.82) is 0 Å². The minimum atomic E-state index is -0.595. The summed E-state index contributed by atoms with van der Waals surface area (Å²) in [6.07, 6.45) is 0. The van der Waals surface area contributed by atoms with E-state index in [-0.39, 0.29) is 12.1 Å². The molecule has 1 unspecified atom stereocenters. The minimum absolute atomic E-state index is 0.245. The number of aromatic nitrogens is 3. The van der Waals surface area contributed by atoms with Crippen molar-refractivity contribution in [3.63, 3.8) is 0 Å². The number of halogens is 1. The number of nitrogens with zero attached hydrogens (tertiary/aromatic N) is 3. The van der Waals surface area contributed by atoms with E-state index in [1.165, 1.54) is 4.90 Å². The zero-order chi connectivity index (χ0) is 30.4. The number of hydrogen-bond acceptors (Lipinski definition) is 6. The van der Waals surface area contributed by atoms with Crippen LogP contribution in [0.3, 0.4) is 0 Å². The highest BCUT2D eigenvalue weighted by Gasteiger charge is 2.36. The standard InChI is InChI=1S/C31H28ClN7O4/c1-15-26(17(3)43-38-15)19-9-12-23-22(13-19)28(18-7-10-20(32)11-8-18)39(31(42)36-23)14-25(40)34-16(2)30-35-24-6-4-5-21(29(33)41)27(24)37-30/h4-13,16,28H,14H2,1-3H3,(H2,33,41)(H,34,40)(H,35,37)(H,36,42)/t16-,28?/m0/s1. The summed E-state index contributed by atoms with van der Waals surface area (Å²) in [7, 11) is 0. The molecule has 0 saturated heterocycles. The van der Waals surface area contributed by atoms with Gasteiger partial charge in [-0.3, -0.25) is 9.59 Å². The Morgan fingerprint density at radius 1 is 1.14 bits per heavy atom. The minimum Gasteiger partial charge on any atom is -0.366 e. The topological polar surface area (TPSA) is 159 Å². The molecule has 3 heterocycles. The number of H-pyrrole nitrogens is 1. The van der Waals surface area contributed by atoms with Gasteiger partial charge in [-0.1, -0.05) is 41.0 Å².